The Kier molecular flexibility index (Phi) is 6.06. The van der Waals surface area contributed by atoms with Gasteiger partial charge in [0, 0.05) is 23.2 Å². The van der Waals surface area contributed by atoms with Gasteiger partial charge < -0.3 is 15.6 Å². The van der Waals surface area contributed by atoms with Gasteiger partial charge in [-0.15, -0.1) is 0 Å². The first kappa shape index (κ1) is 21.3. The molecular weight excluding hydrogens is 378 g/mol. The second-order valence-corrected chi connectivity index (χ2v) is 8.55. The van der Waals surface area contributed by atoms with Crippen molar-refractivity contribution in [3.63, 3.8) is 0 Å². The molecule has 30 heavy (non-hydrogen) atoms. The lowest BCUT2D eigenvalue weighted by Crippen LogP contribution is -2.13. The summed E-state index contributed by atoms with van der Waals surface area (Å²) in [7, 11) is 0. The molecule has 0 bridgehead atoms. The molecule has 0 fully saturated rings. The van der Waals surface area contributed by atoms with Crippen LogP contribution in [0.5, 0.6) is 11.5 Å². The topological polar surface area (TPSA) is 98.3 Å². The Labute approximate surface area is 176 Å². The van der Waals surface area contributed by atoms with Crippen LogP contribution in [-0.4, -0.2) is 20.9 Å². The highest BCUT2D eigenvalue weighted by atomic mass is 16.5. The number of nitrogens with two attached hydrogens (primary N) is 1. The Hall–Kier alpha value is -3.41. The highest BCUT2D eigenvalue weighted by Crippen LogP contribution is 2.33. The van der Waals surface area contributed by atoms with Crippen molar-refractivity contribution in [2.45, 2.75) is 40.7 Å². The highest BCUT2D eigenvalue weighted by Gasteiger charge is 2.21. The van der Waals surface area contributed by atoms with Crippen molar-refractivity contribution in [2.75, 3.05) is 5.73 Å². The number of ketones is 1. The summed E-state index contributed by atoms with van der Waals surface area (Å²) in [6.07, 6.45) is 3.68. The maximum absolute atomic E-state index is 12.5. The average Bonchev–Trinajstić information content (AvgIpc) is 2.68. The van der Waals surface area contributed by atoms with Crippen molar-refractivity contribution in [1.82, 2.24) is 9.97 Å². The zero-order valence-electron chi connectivity index (χ0n) is 17.8. The lowest BCUT2D eigenvalue weighted by molar-refractivity contribution is 0.0937. The van der Waals surface area contributed by atoms with Crippen LogP contribution in [0.25, 0.3) is 11.3 Å². The van der Waals surface area contributed by atoms with Crippen molar-refractivity contribution in [2.24, 2.45) is 5.41 Å². The number of Topliss-reactive ketones (excluding diaryl/α,β-unsaturated/α-hetero) is 1. The molecular formula is C24H27N3O3. The minimum absolute atomic E-state index is 0.0372. The van der Waals surface area contributed by atoms with Gasteiger partial charge in [0.2, 0.25) is 0 Å². The van der Waals surface area contributed by atoms with Crippen LogP contribution in [0.3, 0.4) is 0 Å². The second kappa shape index (κ2) is 8.53. The summed E-state index contributed by atoms with van der Waals surface area (Å²) in [4.78, 5) is 21.3. The second-order valence-electron chi connectivity index (χ2n) is 8.55. The van der Waals surface area contributed by atoms with Gasteiger partial charge in [-0.2, -0.15) is 0 Å². The lowest BCUT2D eigenvalue weighted by Gasteiger charge is -2.18. The van der Waals surface area contributed by atoms with Crippen molar-refractivity contribution in [3.05, 3.63) is 65.6 Å². The molecule has 0 aliphatic rings. The quantitative estimate of drug-likeness (QED) is 0.445. The van der Waals surface area contributed by atoms with Crippen LogP contribution in [0.2, 0.25) is 0 Å². The molecule has 0 saturated carbocycles. The molecule has 3 N–H and O–H groups in total. The third-order valence-corrected chi connectivity index (χ3v) is 4.64. The average molecular weight is 405 g/mol. The molecule has 0 atom stereocenters. The Bertz CT molecular complexity index is 1050. The van der Waals surface area contributed by atoms with E-state index in [0.717, 1.165) is 11.3 Å². The standard InChI is InChI=1S/C24H27N3O3/c1-15-22(9-8-19(23(15)29)21(28)11-24(2,3)4)30-14-18-12-27-20(13-26-18)16-6-5-7-17(25)10-16/h5-10,12-13,29H,11,14,25H2,1-4H3. The fourth-order valence-corrected chi connectivity index (χ4v) is 3.07. The third-order valence-electron chi connectivity index (χ3n) is 4.64. The molecule has 0 saturated heterocycles. The first-order chi connectivity index (χ1) is 14.1. The van der Waals surface area contributed by atoms with Crippen molar-refractivity contribution in [1.29, 1.82) is 0 Å². The number of nitrogen functional groups attached to an aromatic ring is 1. The lowest BCUT2D eigenvalue weighted by atomic mass is 9.87. The van der Waals surface area contributed by atoms with E-state index in [-0.39, 0.29) is 23.6 Å². The first-order valence-corrected chi connectivity index (χ1v) is 9.79. The molecule has 0 aliphatic carbocycles. The van der Waals surface area contributed by atoms with Crippen LogP contribution in [0.15, 0.2) is 48.8 Å². The number of nitrogens with zero attached hydrogens (tertiary/aromatic N) is 2. The van der Waals surface area contributed by atoms with Gasteiger partial charge in [0.25, 0.3) is 0 Å². The van der Waals surface area contributed by atoms with Crippen LogP contribution in [0, 0.1) is 12.3 Å². The summed E-state index contributed by atoms with van der Waals surface area (Å²) >= 11 is 0. The van der Waals surface area contributed by atoms with Crippen LogP contribution >= 0.6 is 0 Å². The fraction of sp³-hybridized carbons (Fsp3) is 0.292. The van der Waals surface area contributed by atoms with Crippen LogP contribution in [-0.2, 0) is 6.61 Å². The molecule has 3 rings (SSSR count). The molecule has 0 aliphatic heterocycles. The summed E-state index contributed by atoms with van der Waals surface area (Å²) in [5, 5.41) is 10.5. The van der Waals surface area contributed by atoms with E-state index in [9.17, 15) is 9.90 Å². The van der Waals surface area contributed by atoms with E-state index in [1.165, 1.54) is 0 Å². The number of aromatic nitrogens is 2. The molecule has 6 nitrogen and oxygen atoms in total. The molecule has 6 heteroatoms. The number of phenolic OH excluding ortho intramolecular Hbond substituents is 1. The molecule has 3 aromatic rings. The van der Waals surface area contributed by atoms with Crippen LogP contribution in [0.1, 0.15) is 48.8 Å². The highest BCUT2D eigenvalue weighted by molar-refractivity contribution is 5.99. The van der Waals surface area contributed by atoms with Crippen molar-refractivity contribution in [3.8, 4) is 22.8 Å². The molecule has 0 amide bonds. The molecule has 0 spiro atoms. The first-order valence-electron chi connectivity index (χ1n) is 9.79. The predicted molar refractivity (Wildman–Crippen MR) is 117 cm³/mol. The minimum atomic E-state index is -0.150. The molecule has 2 aromatic carbocycles. The van der Waals surface area contributed by atoms with Crippen molar-refractivity contribution >= 4 is 11.5 Å². The predicted octanol–water partition coefficient (Wildman–Crippen LogP) is 4.94. The zero-order valence-corrected chi connectivity index (χ0v) is 17.8. The zero-order chi connectivity index (χ0) is 21.9. The third kappa shape index (κ3) is 5.14. The number of carbonyl (C=O) groups excluding carboxylic acids is 1. The van der Waals surface area contributed by atoms with Gasteiger partial charge in [-0.05, 0) is 36.6 Å². The number of hydrogen-bond donors (Lipinski definition) is 2. The van der Waals surface area contributed by atoms with Crippen LogP contribution in [0.4, 0.5) is 5.69 Å². The SMILES string of the molecule is Cc1c(OCc2cnc(-c3cccc(N)c3)cn2)ccc(C(=O)CC(C)(C)C)c1O. The normalized spacial score (nSPS) is 11.3. The Balaban J connectivity index is 1.70. The van der Waals surface area contributed by atoms with E-state index in [0.29, 0.717) is 34.7 Å². The van der Waals surface area contributed by atoms with Gasteiger partial charge in [0.1, 0.15) is 18.1 Å². The number of phenols is 1. The Morgan fingerprint density at radius 1 is 1.13 bits per heavy atom. The number of aromatic hydroxyl groups is 1. The van der Waals surface area contributed by atoms with Crippen LogP contribution < -0.4 is 10.5 Å². The van der Waals surface area contributed by atoms with E-state index < -0.39 is 0 Å². The number of anilines is 1. The summed E-state index contributed by atoms with van der Waals surface area (Å²) in [6.45, 7) is 7.90. The summed E-state index contributed by atoms with van der Waals surface area (Å²) in [5.74, 6) is 0.379. The smallest absolute Gasteiger partial charge is 0.167 e. The Morgan fingerprint density at radius 3 is 2.53 bits per heavy atom. The fourth-order valence-electron chi connectivity index (χ4n) is 3.07. The molecule has 0 radical (unpaired) electrons. The van der Waals surface area contributed by atoms with Gasteiger partial charge in [0.05, 0.1) is 29.3 Å². The summed E-state index contributed by atoms with van der Waals surface area (Å²) in [5.41, 5.74) is 9.45. The summed E-state index contributed by atoms with van der Waals surface area (Å²) < 4.78 is 5.81. The molecule has 1 aromatic heterocycles. The molecule has 156 valence electrons. The van der Waals surface area contributed by atoms with Crippen molar-refractivity contribution < 1.29 is 14.6 Å². The number of benzene rings is 2. The largest absolute Gasteiger partial charge is 0.507 e. The maximum Gasteiger partial charge on any atom is 0.167 e. The molecule has 1 heterocycles. The van der Waals surface area contributed by atoms with Gasteiger partial charge in [-0.3, -0.25) is 14.8 Å². The van der Waals surface area contributed by atoms with E-state index in [2.05, 4.69) is 9.97 Å². The van der Waals surface area contributed by atoms with E-state index in [4.69, 9.17) is 10.5 Å². The number of carbonyl (C=O) groups is 1. The van der Waals surface area contributed by atoms with Gasteiger partial charge in [-0.25, -0.2) is 0 Å². The molecule has 0 unspecified atom stereocenters. The monoisotopic (exact) mass is 405 g/mol. The number of hydrogen-bond acceptors (Lipinski definition) is 6. The van der Waals surface area contributed by atoms with E-state index in [1.807, 2.05) is 45.0 Å². The number of rotatable bonds is 6. The van der Waals surface area contributed by atoms with E-state index in [1.54, 1.807) is 31.5 Å². The number of ether oxygens (including phenoxy) is 1. The minimum Gasteiger partial charge on any atom is -0.507 e. The summed E-state index contributed by atoms with van der Waals surface area (Å²) in [6, 6.07) is 10.8. The van der Waals surface area contributed by atoms with Gasteiger partial charge in [0.15, 0.2) is 5.78 Å². The van der Waals surface area contributed by atoms with Gasteiger partial charge in [-0.1, -0.05) is 32.9 Å². The maximum atomic E-state index is 12.5. The van der Waals surface area contributed by atoms with Gasteiger partial charge >= 0.3 is 0 Å². The Morgan fingerprint density at radius 2 is 1.90 bits per heavy atom. The van der Waals surface area contributed by atoms with E-state index >= 15 is 0 Å².